The molecule has 0 bridgehead atoms. The van der Waals surface area contributed by atoms with Gasteiger partial charge in [-0.05, 0) is 28.8 Å². The Morgan fingerprint density at radius 1 is 1.05 bits per heavy atom. The van der Waals surface area contributed by atoms with Gasteiger partial charge in [0.25, 0.3) is 0 Å². The highest BCUT2D eigenvalue weighted by atomic mass is 32.1. The molecule has 0 saturated carbocycles. The fourth-order valence-electron chi connectivity index (χ4n) is 2.15. The summed E-state index contributed by atoms with van der Waals surface area (Å²) in [6, 6.07) is 12.6. The molecule has 2 N–H and O–H groups in total. The third-order valence-electron chi connectivity index (χ3n) is 3.14. The molecule has 3 rings (SSSR count). The van der Waals surface area contributed by atoms with Crippen LogP contribution in [0.2, 0.25) is 0 Å². The third-order valence-corrected chi connectivity index (χ3v) is 4.74. The van der Waals surface area contributed by atoms with Crippen molar-refractivity contribution in [3.05, 3.63) is 63.1 Å². The Morgan fingerprint density at radius 2 is 1.90 bits per heavy atom. The van der Waals surface area contributed by atoms with Crippen LogP contribution in [-0.4, -0.2) is 11.0 Å². The van der Waals surface area contributed by atoms with Crippen molar-refractivity contribution < 1.29 is 0 Å². The molecular weight excluding hydrogens is 284 g/mol. The maximum absolute atomic E-state index is 6.22. The average molecular weight is 300 g/mol. The molecular formula is C16H16N2S2. The maximum atomic E-state index is 6.22. The summed E-state index contributed by atoms with van der Waals surface area (Å²) in [5, 5.41) is 7.49. The quantitative estimate of drug-likeness (QED) is 0.774. The van der Waals surface area contributed by atoms with E-state index in [9.17, 15) is 0 Å². The Kier molecular flexibility index (Phi) is 4.25. The minimum atomic E-state index is 0.138. The van der Waals surface area contributed by atoms with E-state index in [4.69, 9.17) is 10.7 Å². The lowest BCUT2D eigenvalue weighted by molar-refractivity contribution is 0.664. The predicted molar refractivity (Wildman–Crippen MR) is 87.3 cm³/mol. The van der Waals surface area contributed by atoms with Crippen molar-refractivity contribution in [3.8, 4) is 11.3 Å². The van der Waals surface area contributed by atoms with E-state index in [2.05, 4.69) is 34.3 Å². The Bertz CT molecular complexity index is 644. The van der Waals surface area contributed by atoms with Crippen LogP contribution < -0.4 is 5.73 Å². The van der Waals surface area contributed by atoms with Crippen molar-refractivity contribution >= 4 is 22.7 Å². The molecule has 1 aromatic carbocycles. The van der Waals surface area contributed by atoms with E-state index < -0.39 is 0 Å². The first kappa shape index (κ1) is 13.5. The highest BCUT2D eigenvalue weighted by Gasteiger charge is 2.10. The van der Waals surface area contributed by atoms with Crippen LogP contribution in [-0.2, 0) is 12.8 Å². The molecule has 0 aliphatic heterocycles. The number of benzene rings is 1. The molecule has 3 aromatic rings. The highest BCUT2D eigenvalue weighted by Crippen LogP contribution is 2.22. The Balaban J connectivity index is 1.65. The molecule has 0 aliphatic rings. The monoisotopic (exact) mass is 300 g/mol. The van der Waals surface area contributed by atoms with Crippen molar-refractivity contribution in [2.24, 2.45) is 5.73 Å². The summed E-state index contributed by atoms with van der Waals surface area (Å²) < 4.78 is 0. The first-order valence-electron chi connectivity index (χ1n) is 6.58. The second-order valence-electron chi connectivity index (χ2n) is 4.79. The van der Waals surface area contributed by atoms with Crippen LogP contribution >= 0.6 is 22.7 Å². The van der Waals surface area contributed by atoms with Crippen LogP contribution in [0.15, 0.2) is 52.5 Å². The molecule has 0 amide bonds. The van der Waals surface area contributed by atoms with Crippen molar-refractivity contribution in [1.82, 2.24) is 4.98 Å². The van der Waals surface area contributed by atoms with E-state index in [1.54, 1.807) is 22.7 Å². The lowest BCUT2D eigenvalue weighted by atomic mass is 10.1. The molecule has 0 aliphatic carbocycles. The lowest BCUT2D eigenvalue weighted by Gasteiger charge is -2.07. The highest BCUT2D eigenvalue weighted by molar-refractivity contribution is 7.10. The van der Waals surface area contributed by atoms with Crippen LogP contribution in [0.3, 0.4) is 0 Å². The van der Waals surface area contributed by atoms with E-state index in [-0.39, 0.29) is 6.04 Å². The van der Waals surface area contributed by atoms with Gasteiger partial charge in [-0.25, -0.2) is 4.98 Å². The van der Waals surface area contributed by atoms with Gasteiger partial charge in [0.2, 0.25) is 0 Å². The summed E-state index contributed by atoms with van der Waals surface area (Å²) in [5.74, 6) is 0. The number of aromatic nitrogens is 1. The van der Waals surface area contributed by atoms with Gasteiger partial charge in [0.1, 0.15) is 0 Å². The van der Waals surface area contributed by atoms with Gasteiger partial charge in [0, 0.05) is 23.4 Å². The maximum Gasteiger partial charge on any atom is 0.0948 e. The first-order valence-corrected chi connectivity index (χ1v) is 8.40. The molecule has 1 atom stereocenters. The van der Waals surface area contributed by atoms with Gasteiger partial charge >= 0.3 is 0 Å². The molecule has 102 valence electrons. The number of thiazole rings is 1. The lowest BCUT2D eigenvalue weighted by Crippen LogP contribution is -2.25. The summed E-state index contributed by atoms with van der Waals surface area (Å²) >= 11 is 3.42. The van der Waals surface area contributed by atoms with Gasteiger partial charge in [0.15, 0.2) is 0 Å². The first-order chi connectivity index (χ1) is 9.81. The number of thiophene rings is 1. The van der Waals surface area contributed by atoms with Crippen LogP contribution in [0.5, 0.6) is 0 Å². The Labute approximate surface area is 126 Å². The van der Waals surface area contributed by atoms with Gasteiger partial charge in [0.05, 0.1) is 10.7 Å². The Morgan fingerprint density at radius 3 is 2.65 bits per heavy atom. The standard InChI is InChI=1S/C16H16N2S2/c17-14(8-12-6-7-19-10-12)9-16-18-15(11-20-16)13-4-2-1-3-5-13/h1-7,10-11,14H,8-9,17H2. The van der Waals surface area contributed by atoms with Gasteiger partial charge in [-0.2, -0.15) is 11.3 Å². The van der Waals surface area contributed by atoms with Gasteiger partial charge in [-0.1, -0.05) is 30.3 Å². The van der Waals surface area contributed by atoms with Gasteiger partial charge < -0.3 is 5.73 Å². The second kappa shape index (κ2) is 6.31. The molecule has 0 spiro atoms. The normalized spacial score (nSPS) is 12.4. The largest absolute Gasteiger partial charge is 0.327 e. The topological polar surface area (TPSA) is 38.9 Å². The molecule has 0 radical (unpaired) electrons. The van der Waals surface area contributed by atoms with Crippen molar-refractivity contribution in [1.29, 1.82) is 0 Å². The fourth-order valence-corrected chi connectivity index (χ4v) is 3.73. The van der Waals surface area contributed by atoms with E-state index in [0.717, 1.165) is 23.5 Å². The van der Waals surface area contributed by atoms with Gasteiger partial charge in [-0.3, -0.25) is 0 Å². The van der Waals surface area contributed by atoms with Crippen LogP contribution in [0.4, 0.5) is 0 Å². The SMILES string of the molecule is NC(Cc1ccsc1)Cc1nc(-c2ccccc2)cs1. The van der Waals surface area contributed by atoms with Crippen molar-refractivity contribution in [2.45, 2.75) is 18.9 Å². The van der Waals surface area contributed by atoms with Crippen LogP contribution in [0, 0.1) is 0 Å². The summed E-state index contributed by atoms with van der Waals surface area (Å²) in [7, 11) is 0. The van der Waals surface area contributed by atoms with Gasteiger partial charge in [-0.15, -0.1) is 11.3 Å². The molecule has 4 heteroatoms. The van der Waals surface area contributed by atoms with E-state index in [0.29, 0.717) is 0 Å². The van der Waals surface area contributed by atoms with E-state index in [1.165, 1.54) is 11.1 Å². The molecule has 2 aromatic heterocycles. The minimum absolute atomic E-state index is 0.138. The predicted octanol–water partition coefficient (Wildman–Crippen LogP) is 3.98. The van der Waals surface area contributed by atoms with E-state index >= 15 is 0 Å². The fraction of sp³-hybridized carbons (Fsp3) is 0.188. The van der Waals surface area contributed by atoms with E-state index in [1.807, 2.05) is 18.2 Å². The summed E-state index contributed by atoms with van der Waals surface area (Å²) in [6.45, 7) is 0. The number of rotatable bonds is 5. The van der Waals surface area contributed by atoms with Crippen LogP contribution in [0.1, 0.15) is 10.6 Å². The molecule has 1 unspecified atom stereocenters. The molecule has 2 heterocycles. The summed E-state index contributed by atoms with van der Waals surface area (Å²) in [4.78, 5) is 4.69. The molecule has 0 fully saturated rings. The average Bonchev–Trinajstić information content (AvgIpc) is 3.11. The summed E-state index contributed by atoms with van der Waals surface area (Å²) in [5.41, 5.74) is 9.76. The second-order valence-corrected chi connectivity index (χ2v) is 6.52. The zero-order valence-electron chi connectivity index (χ0n) is 11.0. The zero-order chi connectivity index (χ0) is 13.8. The smallest absolute Gasteiger partial charge is 0.0948 e. The number of nitrogens with two attached hydrogens (primary N) is 1. The minimum Gasteiger partial charge on any atom is -0.327 e. The Hall–Kier alpha value is -1.49. The molecule has 20 heavy (non-hydrogen) atoms. The zero-order valence-corrected chi connectivity index (χ0v) is 12.7. The molecule has 2 nitrogen and oxygen atoms in total. The number of hydrogen-bond donors (Lipinski definition) is 1. The van der Waals surface area contributed by atoms with Crippen molar-refractivity contribution in [2.75, 3.05) is 0 Å². The summed E-state index contributed by atoms with van der Waals surface area (Å²) in [6.07, 6.45) is 1.76. The van der Waals surface area contributed by atoms with Crippen molar-refractivity contribution in [3.63, 3.8) is 0 Å². The van der Waals surface area contributed by atoms with Crippen LogP contribution in [0.25, 0.3) is 11.3 Å². The number of nitrogens with zero attached hydrogens (tertiary/aromatic N) is 1. The third kappa shape index (κ3) is 3.33. The number of hydrogen-bond acceptors (Lipinski definition) is 4. The molecule has 0 saturated heterocycles.